The smallest absolute Gasteiger partial charge is 0.227 e. The zero-order chi connectivity index (χ0) is 10.2. The summed E-state index contributed by atoms with van der Waals surface area (Å²) < 4.78 is 71.4. The summed E-state index contributed by atoms with van der Waals surface area (Å²) in [6, 6.07) is 0. The van der Waals surface area contributed by atoms with Crippen molar-refractivity contribution in [1.82, 2.24) is 0 Å². The Kier molecular flexibility index (Phi) is 3.03. The van der Waals surface area contributed by atoms with E-state index < -0.39 is 24.2 Å². The minimum absolute atomic E-state index is 0.764. The Morgan fingerprint density at radius 3 is 1.25 bits per heavy atom. The van der Waals surface area contributed by atoms with Crippen molar-refractivity contribution in [3.8, 4) is 0 Å². The molecule has 1 atom stereocenters. The molecule has 0 aromatic carbocycles. The Bertz CT molecular complexity index is 139. The average molecular weight is 194 g/mol. The Balaban J connectivity index is 4.89. The number of alkyl halides is 6. The number of halogens is 6. The van der Waals surface area contributed by atoms with Crippen LogP contribution in [-0.2, 0) is 0 Å². The monoisotopic (exact) mass is 194 g/mol. The molecule has 0 rings (SSSR count). The van der Waals surface area contributed by atoms with Crippen LogP contribution in [0.15, 0.2) is 0 Å². The van der Waals surface area contributed by atoms with Gasteiger partial charge < -0.3 is 0 Å². The van der Waals surface area contributed by atoms with Gasteiger partial charge in [0.15, 0.2) is 0 Å². The van der Waals surface area contributed by atoms with Crippen LogP contribution in [0.2, 0.25) is 0 Å². The molecule has 0 saturated heterocycles. The molecular weight excluding hydrogens is 186 g/mol. The fourth-order valence-corrected chi connectivity index (χ4v) is 0.703. The molecule has 0 N–H and O–H groups in total. The second-order valence-electron chi connectivity index (χ2n) is 2.72. The molecular formula is C6H8F6. The van der Waals surface area contributed by atoms with E-state index in [1.807, 2.05) is 0 Å². The van der Waals surface area contributed by atoms with Gasteiger partial charge in [-0.1, -0.05) is 13.8 Å². The number of rotatable bonds is 2. The summed E-state index contributed by atoms with van der Waals surface area (Å²) >= 11 is 0. The topological polar surface area (TPSA) is 0 Å². The lowest BCUT2D eigenvalue weighted by atomic mass is 9.92. The molecule has 0 fully saturated rings. The third kappa shape index (κ3) is 1.67. The summed E-state index contributed by atoms with van der Waals surface area (Å²) in [6.07, 6.45) is -9.56. The minimum Gasteiger partial charge on any atom is -0.227 e. The zero-order valence-electron chi connectivity index (χ0n) is 6.42. The minimum atomic E-state index is -5.52. The highest BCUT2D eigenvalue weighted by atomic mass is 19.4. The van der Waals surface area contributed by atoms with E-state index in [2.05, 4.69) is 0 Å². The van der Waals surface area contributed by atoms with Crippen molar-refractivity contribution in [1.29, 1.82) is 0 Å². The van der Waals surface area contributed by atoms with E-state index in [4.69, 9.17) is 0 Å². The van der Waals surface area contributed by atoms with Gasteiger partial charge >= 0.3 is 6.18 Å². The summed E-state index contributed by atoms with van der Waals surface area (Å²) in [5.74, 6) is -1.79. The van der Waals surface area contributed by atoms with Gasteiger partial charge in [-0.25, -0.2) is 13.2 Å². The second kappa shape index (κ2) is 3.14. The van der Waals surface area contributed by atoms with E-state index >= 15 is 0 Å². The van der Waals surface area contributed by atoms with Crippen molar-refractivity contribution in [2.45, 2.75) is 32.1 Å². The Labute approximate surface area is 65.6 Å². The third-order valence-corrected chi connectivity index (χ3v) is 1.59. The van der Waals surface area contributed by atoms with Gasteiger partial charge in [0.25, 0.3) is 12.1 Å². The summed E-state index contributed by atoms with van der Waals surface area (Å²) in [7, 11) is 0. The quantitative estimate of drug-likeness (QED) is 0.592. The van der Waals surface area contributed by atoms with E-state index in [0.717, 1.165) is 13.8 Å². The molecule has 1 unspecified atom stereocenters. The summed E-state index contributed by atoms with van der Waals surface area (Å²) in [6.45, 7) is 1.53. The largest absolute Gasteiger partial charge is 0.428 e. The molecule has 0 heterocycles. The molecule has 0 aliphatic carbocycles. The highest BCUT2D eigenvalue weighted by molar-refractivity contribution is 4.92. The van der Waals surface area contributed by atoms with Gasteiger partial charge in [-0.05, 0) is 0 Å². The van der Waals surface area contributed by atoms with E-state index in [1.165, 1.54) is 0 Å². The standard InChI is InChI=1S/C6H8F6/c1-3(2)5(9,4(7)8)6(10,11)12/h3-4H,1-2H3. The predicted octanol–water partition coefficient (Wildman–Crippen LogP) is 3.18. The van der Waals surface area contributed by atoms with Gasteiger partial charge in [0.2, 0.25) is 0 Å². The molecule has 0 bridgehead atoms. The van der Waals surface area contributed by atoms with E-state index in [0.29, 0.717) is 0 Å². The van der Waals surface area contributed by atoms with Gasteiger partial charge in [0.05, 0.1) is 0 Å². The van der Waals surface area contributed by atoms with Crippen LogP contribution in [0.25, 0.3) is 0 Å². The first-order valence-electron chi connectivity index (χ1n) is 3.17. The van der Waals surface area contributed by atoms with Crippen LogP contribution in [0.5, 0.6) is 0 Å². The van der Waals surface area contributed by atoms with Gasteiger partial charge in [0.1, 0.15) is 0 Å². The van der Waals surface area contributed by atoms with Crippen molar-refractivity contribution in [2.75, 3.05) is 0 Å². The zero-order valence-corrected chi connectivity index (χ0v) is 6.42. The average Bonchev–Trinajstić information content (AvgIpc) is 1.82. The molecule has 0 radical (unpaired) electrons. The molecule has 0 aromatic heterocycles. The van der Waals surface area contributed by atoms with Gasteiger partial charge in [0, 0.05) is 5.92 Å². The molecule has 0 aliphatic rings. The molecule has 0 spiro atoms. The van der Waals surface area contributed by atoms with Crippen molar-refractivity contribution in [2.24, 2.45) is 5.92 Å². The fourth-order valence-electron chi connectivity index (χ4n) is 0.703. The van der Waals surface area contributed by atoms with Crippen molar-refractivity contribution in [3.05, 3.63) is 0 Å². The summed E-state index contributed by atoms with van der Waals surface area (Å²) in [5.41, 5.74) is -4.40. The second-order valence-corrected chi connectivity index (χ2v) is 2.72. The fraction of sp³-hybridized carbons (Fsp3) is 1.00. The molecule has 0 saturated carbocycles. The molecule has 0 amide bonds. The van der Waals surface area contributed by atoms with E-state index in [9.17, 15) is 26.3 Å². The predicted molar refractivity (Wildman–Crippen MR) is 30.7 cm³/mol. The maximum absolute atomic E-state index is 12.7. The third-order valence-electron chi connectivity index (χ3n) is 1.59. The summed E-state index contributed by atoms with van der Waals surface area (Å²) in [5, 5.41) is 0. The molecule has 0 aromatic rings. The first-order chi connectivity index (χ1) is 5.14. The van der Waals surface area contributed by atoms with Crippen molar-refractivity contribution >= 4 is 0 Å². The van der Waals surface area contributed by atoms with Gasteiger partial charge in [-0.15, -0.1) is 0 Å². The highest BCUT2D eigenvalue weighted by Gasteiger charge is 2.64. The summed E-state index contributed by atoms with van der Waals surface area (Å²) in [4.78, 5) is 0. The van der Waals surface area contributed by atoms with Gasteiger partial charge in [-0.2, -0.15) is 13.2 Å². The highest BCUT2D eigenvalue weighted by Crippen LogP contribution is 2.43. The van der Waals surface area contributed by atoms with Crippen LogP contribution in [0.3, 0.4) is 0 Å². The Morgan fingerprint density at radius 2 is 1.25 bits per heavy atom. The lowest BCUT2D eigenvalue weighted by Gasteiger charge is -2.30. The molecule has 0 nitrogen and oxygen atoms in total. The van der Waals surface area contributed by atoms with Crippen molar-refractivity contribution in [3.63, 3.8) is 0 Å². The maximum Gasteiger partial charge on any atom is 0.428 e. The van der Waals surface area contributed by atoms with Crippen LogP contribution >= 0.6 is 0 Å². The first-order valence-corrected chi connectivity index (χ1v) is 3.17. The van der Waals surface area contributed by atoms with E-state index in [-0.39, 0.29) is 0 Å². The normalized spacial score (nSPS) is 18.5. The van der Waals surface area contributed by atoms with Crippen LogP contribution in [0.1, 0.15) is 13.8 Å². The Hall–Kier alpha value is -0.420. The molecule has 6 heteroatoms. The lowest BCUT2D eigenvalue weighted by Crippen LogP contribution is -2.51. The SMILES string of the molecule is CC(C)C(F)(C(F)F)C(F)(F)F. The molecule has 12 heavy (non-hydrogen) atoms. The van der Waals surface area contributed by atoms with Crippen LogP contribution in [-0.4, -0.2) is 18.3 Å². The van der Waals surface area contributed by atoms with Crippen molar-refractivity contribution < 1.29 is 26.3 Å². The Morgan fingerprint density at radius 1 is 0.917 bits per heavy atom. The van der Waals surface area contributed by atoms with Crippen LogP contribution in [0.4, 0.5) is 26.3 Å². The first kappa shape index (κ1) is 11.6. The number of hydrogen-bond acceptors (Lipinski definition) is 0. The number of hydrogen-bond donors (Lipinski definition) is 0. The van der Waals surface area contributed by atoms with Gasteiger partial charge in [-0.3, -0.25) is 0 Å². The molecule has 0 aliphatic heterocycles. The maximum atomic E-state index is 12.7. The molecule has 74 valence electrons. The van der Waals surface area contributed by atoms with Crippen LogP contribution < -0.4 is 0 Å². The lowest BCUT2D eigenvalue weighted by molar-refractivity contribution is -0.282. The van der Waals surface area contributed by atoms with E-state index in [1.54, 1.807) is 0 Å². The van der Waals surface area contributed by atoms with Crippen LogP contribution in [0, 0.1) is 5.92 Å².